The topological polar surface area (TPSA) is 25.2 Å². The molecule has 4 rings (SSSR count). The Kier molecular flexibility index (Phi) is 5.51. The van der Waals surface area contributed by atoms with Crippen molar-refractivity contribution in [2.75, 3.05) is 7.05 Å². The number of aromatic nitrogens is 1. The van der Waals surface area contributed by atoms with Crippen LogP contribution >= 0.6 is 22.9 Å². The number of thiophene rings is 1. The lowest BCUT2D eigenvalue weighted by atomic mass is 10.1. The van der Waals surface area contributed by atoms with Crippen molar-refractivity contribution in [3.63, 3.8) is 0 Å². The fraction of sp³-hybridized carbons (Fsp3) is 0.174. The van der Waals surface area contributed by atoms with Crippen LogP contribution in [0.4, 0.5) is 0 Å². The number of hydrogen-bond donors (Lipinski definition) is 0. The molecule has 0 radical (unpaired) electrons. The van der Waals surface area contributed by atoms with Crippen LogP contribution in [0.15, 0.2) is 72.1 Å². The predicted molar refractivity (Wildman–Crippen MR) is 117 cm³/mol. The Morgan fingerprint density at radius 3 is 2.54 bits per heavy atom. The molecule has 2 aromatic carbocycles. The Labute approximate surface area is 173 Å². The summed E-state index contributed by atoms with van der Waals surface area (Å²) < 4.78 is 3.30. The van der Waals surface area contributed by atoms with Crippen molar-refractivity contribution >= 4 is 39.1 Å². The van der Waals surface area contributed by atoms with Crippen LogP contribution in [0.25, 0.3) is 10.2 Å². The first-order chi connectivity index (χ1) is 13.6. The van der Waals surface area contributed by atoms with Gasteiger partial charge in [-0.3, -0.25) is 4.79 Å². The van der Waals surface area contributed by atoms with E-state index in [1.165, 1.54) is 5.56 Å². The Bertz CT molecular complexity index is 1080. The zero-order valence-corrected chi connectivity index (χ0v) is 17.2. The average molecular weight is 409 g/mol. The highest BCUT2D eigenvalue weighted by Crippen LogP contribution is 2.27. The smallest absolute Gasteiger partial charge is 0.270 e. The molecule has 142 valence electrons. The fourth-order valence-electron chi connectivity index (χ4n) is 3.41. The molecule has 0 aliphatic rings. The molecule has 3 nitrogen and oxygen atoms in total. The number of halogens is 1. The maximum atomic E-state index is 13.2. The van der Waals surface area contributed by atoms with E-state index in [2.05, 4.69) is 40.3 Å². The summed E-state index contributed by atoms with van der Waals surface area (Å²) in [4.78, 5) is 15.0. The van der Waals surface area contributed by atoms with Crippen LogP contribution in [0.5, 0.6) is 0 Å². The lowest BCUT2D eigenvalue weighted by Gasteiger charge is -2.19. The van der Waals surface area contributed by atoms with E-state index in [4.69, 9.17) is 11.6 Å². The van der Waals surface area contributed by atoms with Crippen molar-refractivity contribution in [1.29, 1.82) is 0 Å². The Balaban J connectivity index is 1.57. The average Bonchev–Trinajstić information content (AvgIpc) is 3.30. The van der Waals surface area contributed by atoms with Gasteiger partial charge in [0.2, 0.25) is 0 Å². The Morgan fingerprint density at radius 2 is 1.79 bits per heavy atom. The molecule has 0 fully saturated rings. The molecule has 5 heteroatoms. The monoisotopic (exact) mass is 408 g/mol. The van der Waals surface area contributed by atoms with Crippen molar-refractivity contribution in [1.82, 2.24) is 9.47 Å². The highest BCUT2D eigenvalue weighted by molar-refractivity contribution is 7.17. The quantitative estimate of drug-likeness (QED) is 0.391. The maximum absolute atomic E-state index is 13.2. The van der Waals surface area contributed by atoms with Crippen molar-refractivity contribution in [3.05, 3.63) is 94.0 Å². The first-order valence-corrected chi connectivity index (χ1v) is 10.5. The third-order valence-electron chi connectivity index (χ3n) is 4.89. The molecule has 0 saturated heterocycles. The van der Waals surface area contributed by atoms with Crippen molar-refractivity contribution in [3.8, 4) is 0 Å². The SMILES string of the molecule is CN(Cc1ccc(Cl)cc1)C(=O)c1cc2sccc2n1CCc1ccccc1. The van der Waals surface area contributed by atoms with Crippen LogP contribution in [-0.4, -0.2) is 22.4 Å². The van der Waals surface area contributed by atoms with E-state index in [1.807, 2.05) is 43.4 Å². The van der Waals surface area contributed by atoms with Gasteiger partial charge in [0.1, 0.15) is 5.69 Å². The zero-order chi connectivity index (χ0) is 19.5. The van der Waals surface area contributed by atoms with E-state index < -0.39 is 0 Å². The van der Waals surface area contributed by atoms with Gasteiger partial charge in [0.05, 0.1) is 10.2 Å². The maximum Gasteiger partial charge on any atom is 0.270 e. The Morgan fingerprint density at radius 1 is 1.04 bits per heavy atom. The summed E-state index contributed by atoms with van der Waals surface area (Å²) in [7, 11) is 1.85. The standard InChI is InChI=1S/C23H21ClN2OS/c1-25(16-18-7-9-19(24)10-8-18)23(27)21-15-22-20(12-14-28-22)26(21)13-11-17-5-3-2-4-6-17/h2-10,12,14-15H,11,13,16H2,1H3. The largest absolute Gasteiger partial charge is 0.336 e. The first-order valence-electron chi connectivity index (χ1n) is 9.22. The number of hydrogen-bond acceptors (Lipinski definition) is 2. The minimum atomic E-state index is 0.0337. The summed E-state index contributed by atoms with van der Waals surface area (Å²) in [5.74, 6) is 0.0337. The third kappa shape index (κ3) is 3.98. The minimum absolute atomic E-state index is 0.0337. The third-order valence-corrected chi connectivity index (χ3v) is 5.99. The van der Waals surface area contributed by atoms with E-state index >= 15 is 0 Å². The van der Waals surface area contributed by atoms with Gasteiger partial charge in [-0.15, -0.1) is 11.3 Å². The summed E-state index contributed by atoms with van der Waals surface area (Å²) in [6, 6.07) is 22.1. The lowest BCUT2D eigenvalue weighted by Crippen LogP contribution is -2.28. The molecule has 0 N–H and O–H groups in total. The Hall–Kier alpha value is -2.56. The van der Waals surface area contributed by atoms with Gasteiger partial charge in [0, 0.05) is 25.2 Å². The molecule has 28 heavy (non-hydrogen) atoms. The number of aryl methyl sites for hydroxylation is 2. The van der Waals surface area contributed by atoms with Crippen molar-refractivity contribution < 1.29 is 4.79 Å². The molecule has 4 aromatic rings. The van der Waals surface area contributed by atoms with Crippen molar-refractivity contribution in [2.45, 2.75) is 19.5 Å². The van der Waals surface area contributed by atoms with E-state index in [0.29, 0.717) is 11.6 Å². The molecule has 2 aromatic heterocycles. The number of amides is 1. The highest BCUT2D eigenvalue weighted by atomic mass is 35.5. The van der Waals surface area contributed by atoms with Gasteiger partial charge in [0.25, 0.3) is 5.91 Å². The molecule has 0 bridgehead atoms. The van der Waals surface area contributed by atoms with Crippen LogP contribution in [0, 0.1) is 0 Å². The van der Waals surface area contributed by atoms with Crippen molar-refractivity contribution in [2.24, 2.45) is 0 Å². The molecule has 0 aliphatic carbocycles. The fourth-order valence-corrected chi connectivity index (χ4v) is 4.36. The number of benzene rings is 2. The van der Waals surface area contributed by atoms with Gasteiger partial charge >= 0.3 is 0 Å². The molecule has 1 amide bonds. The van der Waals surface area contributed by atoms with Crippen LogP contribution in [0.2, 0.25) is 5.02 Å². The highest BCUT2D eigenvalue weighted by Gasteiger charge is 2.20. The molecule has 0 spiro atoms. The summed E-state index contributed by atoms with van der Waals surface area (Å²) in [6.07, 6.45) is 0.891. The first kappa shape index (κ1) is 18.8. The van der Waals surface area contributed by atoms with Gasteiger partial charge in [-0.2, -0.15) is 0 Å². The van der Waals surface area contributed by atoms with Gasteiger partial charge in [-0.1, -0.05) is 54.1 Å². The molecule has 0 saturated carbocycles. The summed E-state index contributed by atoms with van der Waals surface area (Å²) in [6.45, 7) is 1.33. The zero-order valence-electron chi connectivity index (χ0n) is 15.6. The molecular formula is C23H21ClN2OS. The van der Waals surface area contributed by atoms with Crippen LogP contribution < -0.4 is 0 Å². The van der Waals surface area contributed by atoms with E-state index in [0.717, 1.165) is 34.4 Å². The second-order valence-corrected chi connectivity index (χ2v) is 8.26. The van der Waals surface area contributed by atoms with Crippen LogP contribution in [0.3, 0.4) is 0 Å². The number of fused-ring (bicyclic) bond motifs is 1. The summed E-state index contributed by atoms with van der Waals surface area (Å²) in [5.41, 5.74) is 4.20. The summed E-state index contributed by atoms with van der Waals surface area (Å²) >= 11 is 7.64. The van der Waals surface area contributed by atoms with E-state index in [9.17, 15) is 4.79 Å². The number of carbonyl (C=O) groups is 1. The van der Waals surface area contributed by atoms with Gasteiger partial charge in [-0.05, 0) is 47.2 Å². The second-order valence-electron chi connectivity index (χ2n) is 6.87. The van der Waals surface area contributed by atoms with Gasteiger partial charge in [-0.25, -0.2) is 0 Å². The molecule has 0 unspecified atom stereocenters. The van der Waals surface area contributed by atoms with E-state index in [1.54, 1.807) is 16.2 Å². The number of rotatable bonds is 6. The molecular weight excluding hydrogens is 388 g/mol. The van der Waals surface area contributed by atoms with Gasteiger partial charge in [0.15, 0.2) is 0 Å². The molecule has 0 atom stereocenters. The van der Waals surface area contributed by atoms with E-state index in [-0.39, 0.29) is 5.91 Å². The van der Waals surface area contributed by atoms with Crippen LogP contribution in [-0.2, 0) is 19.5 Å². The summed E-state index contributed by atoms with van der Waals surface area (Å²) in [5, 5.41) is 2.78. The number of nitrogens with zero attached hydrogens (tertiary/aromatic N) is 2. The predicted octanol–water partition coefficient (Wildman–Crippen LogP) is 5.87. The lowest BCUT2D eigenvalue weighted by molar-refractivity contribution is 0.0775. The second kappa shape index (κ2) is 8.21. The normalized spacial score (nSPS) is 11.1. The molecule has 0 aliphatic heterocycles. The molecule has 2 heterocycles. The number of carbonyl (C=O) groups excluding carboxylic acids is 1. The minimum Gasteiger partial charge on any atom is -0.336 e. The van der Waals surface area contributed by atoms with Crippen LogP contribution in [0.1, 0.15) is 21.6 Å². The van der Waals surface area contributed by atoms with Gasteiger partial charge < -0.3 is 9.47 Å².